The number of hydrogen-bond donors (Lipinski definition) is 4. The Labute approximate surface area is 690 Å². The predicted octanol–water partition coefficient (Wildman–Crippen LogP) is 26.7. The molecule has 0 fully saturated rings. The van der Waals surface area contributed by atoms with Crippen molar-refractivity contribution < 1.29 is 0 Å². The minimum absolute atomic E-state index is 0.756. The van der Waals surface area contributed by atoms with Crippen molar-refractivity contribution in [3.05, 3.63) is 430 Å². The number of H-pyrrole nitrogens is 4. The lowest BCUT2D eigenvalue weighted by molar-refractivity contribution is 1.30. The van der Waals surface area contributed by atoms with E-state index in [0.29, 0.717) is 0 Å². The summed E-state index contributed by atoms with van der Waals surface area (Å²) in [6.45, 7) is 5.03. The standard InChI is InChI=1S/C110H74N8Si/c1-119(2)109(81-49-43-71(44-50-81)47-53-83-85-55-59-89(111-85)101(73-27-11-3-12-28-73)93-63-67-97(115-93)105(77-35-19-7-20-36-77)98-68-64-94(116-98)102(74-29-13-4-14-30-74)90-60-56-86(83)112-90)107(79-39-23-9-24-40-79)108(80-41-25-10-26-42-80)110(119)82-51-45-72(46-52-82)48-54-84-87-57-61-91(113-87)103(75-31-15-5-16-32-75)95-65-69-99(117-95)106(78-37-21-8-22-38-78)100-70-66-96(118-100)104(76-33-17-6-18-34-76)92-62-58-88(84)114-92/h3-46,49-52,55-70,111,113,116,118H,1-2H3. The molecule has 10 aromatic carbocycles. The van der Waals surface area contributed by atoms with Crippen LogP contribution in [0.4, 0.5) is 0 Å². The molecule has 6 aromatic heterocycles. The summed E-state index contributed by atoms with van der Waals surface area (Å²) >= 11 is 0. The van der Waals surface area contributed by atoms with Crippen LogP contribution in [0.2, 0.25) is 13.1 Å². The molecule has 0 saturated carbocycles. The number of nitrogens with zero attached hydrogens (tertiary/aromatic N) is 4. The Kier molecular flexibility index (Phi) is 18.0. The summed E-state index contributed by atoms with van der Waals surface area (Å²) in [6, 6.07) is 120. The molecule has 0 aliphatic carbocycles. The number of allylic oxidation sites excluding steroid dienone is 2. The number of aromatic amines is 4. The fraction of sp³-hybridized carbons (Fsp3) is 0.0182. The topological polar surface area (TPSA) is 115 Å². The van der Waals surface area contributed by atoms with E-state index in [4.69, 9.17) is 19.9 Å². The first kappa shape index (κ1) is 71.0. The van der Waals surface area contributed by atoms with Gasteiger partial charge in [-0.15, -0.1) is 0 Å². The van der Waals surface area contributed by atoms with Gasteiger partial charge in [-0.25, -0.2) is 19.9 Å². The van der Waals surface area contributed by atoms with Crippen LogP contribution in [0.25, 0.3) is 181 Å². The summed E-state index contributed by atoms with van der Waals surface area (Å²) in [6.07, 6.45) is 17.0. The number of hydrogen-bond acceptors (Lipinski definition) is 4. The fourth-order valence-electron chi connectivity index (χ4n) is 17.6. The van der Waals surface area contributed by atoms with Gasteiger partial charge >= 0.3 is 0 Å². The van der Waals surface area contributed by atoms with Crippen molar-refractivity contribution in [2.75, 3.05) is 0 Å². The molecule has 5 aliphatic heterocycles. The van der Waals surface area contributed by atoms with Crippen LogP contribution in [-0.2, 0) is 0 Å². The van der Waals surface area contributed by atoms with Crippen molar-refractivity contribution in [2.45, 2.75) is 13.1 Å². The fourth-order valence-corrected chi connectivity index (χ4v) is 21.4. The van der Waals surface area contributed by atoms with Crippen molar-refractivity contribution in [2.24, 2.45) is 0 Å². The number of nitrogens with one attached hydrogen (secondary N) is 4. The van der Waals surface area contributed by atoms with Crippen LogP contribution >= 0.6 is 0 Å². The van der Waals surface area contributed by atoms with E-state index in [1.54, 1.807) is 0 Å². The summed E-state index contributed by atoms with van der Waals surface area (Å²) in [7, 11) is -2.67. The molecule has 119 heavy (non-hydrogen) atoms. The van der Waals surface area contributed by atoms with Gasteiger partial charge in [0.15, 0.2) is 0 Å². The first-order valence-corrected chi connectivity index (χ1v) is 43.3. The minimum Gasteiger partial charge on any atom is -0.354 e. The molecule has 0 amide bonds. The molecule has 0 saturated heterocycles. The highest BCUT2D eigenvalue weighted by Crippen LogP contribution is 2.56. The molecule has 16 bridgehead atoms. The van der Waals surface area contributed by atoms with Crippen molar-refractivity contribution >= 4 is 122 Å². The SMILES string of the molecule is C[Si]1(C)C(c2ccc(C#Cc3c4nc(c(-c5ccccc5)c5ccc([nH]5)c(-c5ccccc5)c5nc(c(-c6ccccc6)c6ccc3[nH]6)C=C5)C=C4)cc2)=C(c2ccccc2)C(c2ccccc2)=C1c1ccc(C#Cc2c3nc(c(-c4ccccc4)c4ccc([nH]4)c(-c4ccccc4)c4nc(c(-c5ccccc5)c5ccc2[nH]5)C=C4)C=C3)cc1. The molecule has 558 valence electrons. The Bertz CT molecular complexity index is 6950. The third kappa shape index (κ3) is 13.3. The summed E-state index contributed by atoms with van der Waals surface area (Å²) in [5.41, 5.74) is 36.6. The van der Waals surface area contributed by atoms with E-state index in [1.807, 2.05) is 0 Å². The van der Waals surface area contributed by atoms with E-state index >= 15 is 0 Å². The highest BCUT2D eigenvalue weighted by Gasteiger charge is 2.44. The number of aromatic nitrogens is 8. The van der Waals surface area contributed by atoms with Gasteiger partial charge in [0.05, 0.1) is 67.7 Å². The smallest absolute Gasteiger partial charge is 0.115 e. The van der Waals surface area contributed by atoms with Crippen LogP contribution in [0.1, 0.15) is 90.1 Å². The highest BCUT2D eigenvalue weighted by atomic mass is 28.3. The Balaban J connectivity index is 0.685. The van der Waals surface area contributed by atoms with Gasteiger partial charge in [-0.05, 0) is 199 Å². The van der Waals surface area contributed by atoms with Gasteiger partial charge in [0.25, 0.3) is 0 Å². The summed E-state index contributed by atoms with van der Waals surface area (Å²) < 4.78 is 0. The van der Waals surface area contributed by atoms with Crippen molar-refractivity contribution in [1.82, 2.24) is 39.9 Å². The zero-order valence-corrected chi connectivity index (χ0v) is 66.2. The van der Waals surface area contributed by atoms with Gasteiger partial charge in [0.1, 0.15) is 8.07 Å². The predicted molar refractivity (Wildman–Crippen MR) is 499 cm³/mol. The molecular formula is C110H74N8Si. The average molecular weight is 1540 g/mol. The van der Waals surface area contributed by atoms with E-state index in [2.05, 4.69) is 445 Å². The second-order valence-electron chi connectivity index (χ2n) is 30.7. The highest BCUT2D eigenvalue weighted by molar-refractivity contribution is 7.13. The maximum atomic E-state index is 5.54. The van der Waals surface area contributed by atoms with E-state index in [1.165, 1.54) is 32.7 Å². The molecule has 0 atom stereocenters. The first-order chi connectivity index (χ1) is 58.7. The second kappa shape index (κ2) is 30.2. The maximum absolute atomic E-state index is 5.54. The van der Waals surface area contributed by atoms with Gasteiger partial charge in [0, 0.05) is 77.6 Å². The van der Waals surface area contributed by atoms with E-state index in [9.17, 15) is 0 Å². The number of benzene rings is 10. The number of rotatable bonds is 10. The van der Waals surface area contributed by atoms with Crippen LogP contribution < -0.4 is 0 Å². The first-order valence-electron chi connectivity index (χ1n) is 40.3. The van der Waals surface area contributed by atoms with E-state index < -0.39 is 8.07 Å². The summed E-state index contributed by atoms with van der Waals surface area (Å²) in [5, 5.41) is 2.72. The summed E-state index contributed by atoms with van der Waals surface area (Å²) in [5.74, 6) is 14.8. The van der Waals surface area contributed by atoms with Gasteiger partial charge in [-0.3, -0.25) is 0 Å². The third-order valence-corrected chi connectivity index (χ3v) is 26.6. The van der Waals surface area contributed by atoms with Crippen LogP contribution in [0.3, 0.4) is 0 Å². The maximum Gasteiger partial charge on any atom is 0.115 e. The lowest BCUT2D eigenvalue weighted by Gasteiger charge is -2.26. The van der Waals surface area contributed by atoms with E-state index in [0.717, 1.165) is 190 Å². The normalized spacial score (nSPS) is 13.0. The molecule has 8 nitrogen and oxygen atoms in total. The van der Waals surface area contributed by atoms with Crippen LogP contribution in [0.5, 0.6) is 0 Å². The Hall–Kier alpha value is -15.8. The molecular weight excluding hydrogens is 1460 g/mol. The molecule has 0 spiro atoms. The van der Waals surface area contributed by atoms with Gasteiger partial charge < -0.3 is 19.9 Å². The lowest BCUT2D eigenvalue weighted by Crippen LogP contribution is -2.28. The Morgan fingerprint density at radius 2 is 0.395 bits per heavy atom. The lowest BCUT2D eigenvalue weighted by atomic mass is 9.89. The number of fused-ring (bicyclic) bond motifs is 16. The second-order valence-corrected chi connectivity index (χ2v) is 35.0. The minimum atomic E-state index is -2.67. The summed E-state index contributed by atoms with van der Waals surface area (Å²) in [4.78, 5) is 37.6. The molecule has 0 radical (unpaired) electrons. The molecule has 16 aromatic rings. The van der Waals surface area contributed by atoms with Gasteiger partial charge in [-0.2, -0.15) is 0 Å². The zero-order chi connectivity index (χ0) is 79.3. The largest absolute Gasteiger partial charge is 0.354 e. The van der Waals surface area contributed by atoms with Crippen LogP contribution in [0, 0.1) is 23.7 Å². The molecule has 4 N–H and O–H groups in total. The van der Waals surface area contributed by atoms with Crippen LogP contribution in [0.15, 0.2) is 340 Å². The van der Waals surface area contributed by atoms with Crippen LogP contribution in [-0.4, -0.2) is 47.9 Å². The van der Waals surface area contributed by atoms with Crippen molar-refractivity contribution in [3.63, 3.8) is 0 Å². The van der Waals surface area contributed by atoms with Gasteiger partial charge in [0.2, 0.25) is 0 Å². The van der Waals surface area contributed by atoms with Crippen molar-refractivity contribution in [3.8, 4) is 90.4 Å². The monoisotopic (exact) mass is 1530 g/mol. The Morgan fingerprint density at radius 1 is 0.193 bits per heavy atom. The zero-order valence-electron chi connectivity index (χ0n) is 65.2. The van der Waals surface area contributed by atoms with E-state index in [-0.39, 0.29) is 0 Å². The van der Waals surface area contributed by atoms with Crippen molar-refractivity contribution in [1.29, 1.82) is 0 Å². The molecule has 21 rings (SSSR count). The molecule has 11 heterocycles. The third-order valence-electron chi connectivity index (χ3n) is 23.0. The molecule has 5 aliphatic rings. The van der Waals surface area contributed by atoms with Gasteiger partial charge in [-0.1, -0.05) is 304 Å². The molecule has 0 unspecified atom stereocenters. The average Bonchev–Trinajstić information content (AvgIpc) is 1.56. The molecule has 9 heteroatoms. The quantitative estimate of drug-likeness (QED) is 0.0806. The Morgan fingerprint density at radius 3 is 0.639 bits per heavy atom.